The van der Waals surface area contributed by atoms with Crippen molar-refractivity contribution >= 4 is 5.97 Å². The summed E-state index contributed by atoms with van der Waals surface area (Å²) >= 11 is 0. The minimum absolute atomic E-state index is 0.183. The summed E-state index contributed by atoms with van der Waals surface area (Å²) in [6.07, 6.45) is -3.20. The molecule has 0 atom stereocenters. The Bertz CT molecular complexity index is 763. The molecule has 4 nitrogen and oxygen atoms in total. The third-order valence-electron chi connectivity index (χ3n) is 2.94. The van der Waals surface area contributed by atoms with Crippen molar-refractivity contribution in [1.29, 1.82) is 0 Å². The number of rotatable bonds is 2. The molecule has 1 N–H and O–H groups in total. The number of pyridine rings is 1. The molecule has 0 aliphatic heterocycles. The fourth-order valence-electron chi connectivity index (χ4n) is 1.90. The maximum absolute atomic E-state index is 12.7. The zero-order valence-corrected chi connectivity index (χ0v) is 10.8. The first kappa shape index (κ1) is 14.8. The molecule has 110 valence electrons. The summed E-state index contributed by atoms with van der Waals surface area (Å²) in [6, 6.07) is 5.54. The first-order chi connectivity index (χ1) is 9.70. The molecular weight excluding hydrogens is 287 g/mol. The van der Waals surface area contributed by atoms with Gasteiger partial charge in [0.15, 0.2) is 0 Å². The van der Waals surface area contributed by atoms with E-state index < -0.39 is 28.8 Å². The lowest BCUT2D eigenvalue weighted by molar-refractivity contribution is -0.137. The molecule has 0 saturated heterocycles. The number of hydrogen-bond donors (Lipinski definition) is 1. The van der Waals surface area contributed by atoms with E-state index in [0.29, 0.717) is 0 Å². The molecule has 2 aromatic rings. The third kappa shape index (κ3) is 2.96. The average Bonchev–Trinajstić information content (AvgIpc) is 2.40. The fourth-order valence-corrected chi connectivity index (χ4v) is 1.90. The van der Waals surface area contributed by atoms with Crippen LogP contribution in [0.15, 0.2) is 41.3 Å². The van der Waals surface area contributed by atoms with Gasteiger partial charge in [0.2, 0.25) is 0 Å². The van der Waals surface area contributed by atoms with Crippen molar-refractivity contribution in [2.75, 3.05) is 0 Å². The van der Waals surface area contributed by atoms with Gasteiger partial charge in [0.05, 0.1) is 5.56 Å². The maximum Gasteiger partial charge on any atom is 0.416 e. The molecule has 1 heterocycles. The van der Waals surface area contributed by atoms with Crippen LogP contribution >= 0.6 is 0 Å². The van der Waals surface area contributed by atoms with Gasteiger partial charge in [0.25, 0.3) is 5.56 Å². The molecule has 0 bridgehead atoms. The molecule has 0 fully saturated rings. The van der Waals surface area contributed by atoms with Crippen molar-refractivity contribution in [2.24, 2.45) is 7.05 Å². The summed E-state index contributed by atoms with van der Waals surface area (Å²) in [5.41, 5.74) is -1.65. The van der Waals surface area contributed by atoms with Crippen LogP contribution in [0.1, 0.15) is 15.9 Å². The summed E-state index contributed by atoms with van der Waals surface area (Å²) in [4.78, 5) is 22.6. The molecular formula is C14H10F3NO3. The summed E-state index contributed by atoms with van der Waals surface area (Å²) < 4.78 is 39.1. The number of nitrogens with zero attached hydrogens (tertiary/aromatic N) is 1. The largest absolute Gasteiger partial charge is 0.477 e. The quantitative estimate of drug-likeness (QED) is 0.927. The Hall–Kier alpha value is -2.57. The Kier molecular flexibility index (Phi) is 3.59. The van der Waals surface area contributed by atoms with Gasteiger partial charge in [-0.1, -0.05) is 12.1 Å². The molecule has 0 spiro atoms. The van der Waals surface area contributed by atoms with Gasteiger partial charge in [0, 0.05) is 13.2 Å². The Morgan fingerprint density at radius 3 is 2.43 bits per heavy atom. The number of aryl methyl sites for hydroxylation is 1. The standard InChI is InChI=1S/C14H10F3NO3/c1-18-7-9(6-11(12(18)19)13(20)21)8-3-2-4-10(5-8)14(15,16)17/h2-7H,1H3,(H,20,21). The van der Waals surface area contributed by atoms with Crippen molar-refractivity contribution in [3.8, 4) is 11.1 Å². The molecule has 7 heteroatoms. The first-order valence-corrected chi connectivity index (χ1v) is 5.82. The van der Waals surface area contributed by atoms with Crippen LogP contribution in [0.5, 0.6) is 0 Å². The number of carboxylic acids is 1. The van der Waals surface area contributed by atoms with Crippen molar-refractivity contribution in [1.82, 2.24) is 4.57 Å². The van der Waals surface area contributed by atoms with Crippen LogP contribution in [0.2, 0.25) is 0 Å². The highest BCUT2D eigenvalue weighted by molar-refractivity contribution is 5.88. The second-order valence-electron chi connectivity index (χ2n) is 4.44. The van der Waals surface area contributed by atoms with E-state index in [1.54, 1.807) is 0 Å². The van der Waals surface area contributed by atoms with Crippen LogP contribution in [-0.2, 0) is 13.2 Å². The van der Waals surface area contributed by atoms with Crippen LogP contribution in [0.3, 0.4) is 0 Å². The maximum atomic E-state index is 12.7. The first-order valence-electron chi connectivity index (χ1n) is 5.82. The predicted octanol–water partition coefficient (Wildman–Crippen LogP) is 2.77. The van der Waals surface area contributed by atoms with E-state index >= 15 is 0 Å². The molecule has 1 aromatic carbocycles. The van der Waals surface area contributed by atoms with E-state index in [2.05, 4.69) is 0 Å². The Balaban J connectivity index is 2.63. The van der Waals surface area contributed by atoms with E-state index in [0.717, 1.165) is 22.8 Å². The monoisotopic (exact) mass is 297 g/mol. The van der Waals surface area contributed by atoms with Crippen molar-refractivity contribution < 1.29 is 23.1 Å². The van der Waals surface area contributed by atoms with Crippen LogP contribution in [0.25, 0.3) is 11.1 Å². The molecule has 0 aliphatic rings. The lowest BCUT2D eigenvalue weighted by Crippen LogP contribution is -2.23. The molecule has 0 unspecified atom stereocenters. The number of halogens is 3. The van der Waals surface area contributed by atoms with Gasteiger partial charge in [-0.2, -0.15) is 13.2 Å². The topological polar surface area (TPSA) is 59.3 Å². The van der Waals surface area contributed by atoms with E-state index in [9.17, 15) is 22.8 Å². The molecule has 0 radical (unpaired) electrons. The molecule has 2 rings (SSSR count). The minimum atomic E-state index is -4.49. The van der Waals surface area contributed by atoms with Gasteiger partial charge < -0.3 is 9.67 Å². The molecule has 0 aliphatic carbocycles. The molecule has 0 amide bonds. The Morgan fingerprint density at radius 2 is 1.86 bits per heavy atom. The van der Waals surface area contributed by atoms with Gasteiger partial charge in [-0.25, -0.2) is 4.79 Å². The number of hydrogen-bond acceptors (Lipinski definition) is 2. The van der Waals surface area contributed by atoms with E-state index in [1.807, 2.05) is 0 Å². The number of carboxylic acid groups (broad SMARTS) is 1. The Labute approximate surface area is 117 Å². The highest BCUT2D eigenvalue weighted by Crippen LogP contribution is 2.32. The lowest BCUT2D eigenvalue weighted by atomic mass is 10.0. The fraction of sp³-hybridized carbons (Fsp3) is 0.143. The van der Waals surface area contributed by atoms with Gasteiger partial charge >= 0.3 is 12.1 Å². The number of aromatic nitrogens is 1. The van der Waals surface area contributed by atoms with Crippen LogP contribution < -0.4 is 5.56 Å². The highest BCUT2D eigenvalue weighted by Gasteiger charge is 2.30. The summed E-state index contributed by atoms with van der Waals surface area (Å²) in [5.74, 6) is -1.43. The second-order valence-corrected chi connectivity index (χ2v) is 4.44. The summed E-state index contributed by atoms with van der Waals surface area (Å²) in [7, 11) is 1.34. The Morgan fingerprint density at radius 1 is 1.19 bits per heavy atom. The van der Waals surface area contributed by atoms with Crippen molar-refractivity contribution in [3.05, 3.63) is 58.0 Å². The SMILES string of the molecule is Cn1cc(-c2cccc(C(F)(F)F)c2)cc(C(=O)O)c1=O. The average molecular weight is 297 g/mol. The van der Waals surface area contributed by atoms with E-state index in [-0.39, 0.29) is 11.1 Å². The number of aromatic carboxylic acids is 1. The lowest BCUT2D eigenvalue weighted by Gasteiger charge is -2.10. The normalized spacial score (nSPS) is 11.4. The van der Waals surface area contributed by atoms with Crippen LogP contribution in [0, 0.1) is 0 Å². The smallest absolute Gasteiger partial charge is 0.416 e. The van der Waals surface area contributed by atoms with Crippen molar-refractivity contribution in [2.45, 2.75) is 6.18 Å². The third-order valence-corrected chi connectivity index (χ3v) is 2.94. The van der Waals surface area contributed by atoms with Gasteiger partial charge in [-0.3, -0.25) is 4.79 Å². The highest BCUT2D eigenvalue weighted by atomic mass is 19.4. The van der Waals surface area contributed by atoms with E-state index in [4.69, 9.17) is 5.11 Å². The second kappa shape index (κ2) is 5.08. The van der Waals surface area contributed by atoms with Crippen LogP contribution in [-0.4, -0.2) is 15.6 Å². The van der Waals surface area contributed by atoms with Crippen LogP contribution in [0.4, 0.5) is 13.2 Å². The predicted molar refractivity (Wildman–Crippen MR) is 69.1 cm³/mol. The van der Waals surface area contributed by atoms with E-state index in [1.165, 1.54) is 25.4 Å². The summed E-state index contributed by atoms with van der Waals surface area (Å²) in [6.45, 7) is 0. The number of carbonyl (C=O) groups is 1. The zero-order valence-electron chi connectivity index (χ0n) is 10.8. The summed E-state index contributed by atoms with van der Waals surface area (Å²) in [5, 5.41) is 8.95. The number of alkyl halides is 3. The van der Waals surface area contributed by atoms with Gasteiger partial charge in [-0.15, -0.1) is 0 Å². The molecule has 21 heavy (non-hydrogen) atoms. The zero-order chi connectivity index (χ0) is 15.8. The molecule has 0 saturated carbocycles. The minimum Gasteiger partial charge on any atom is -0.477 e. The van der Waals surface area contributed by atoms with Gasteiger partial charge in [0.1, 0.15) is 5.56 Å². The van der Waals surface area contributed by atoms with Gasteiger partial charge in [-0.05, 0) is 29.3 Å². The van der Waals surface area contributed by atoms with Crippen molar-refractivity contribution in [3.63, 3.8) is 0 Å². The molecule has 1 aromatic heterocycles. The number of benzene rings is 1.